The molecule has 2 N–H and O–H groups in total. The highest BCUT2D eigenvalue weighted by Gasteiger charge is 2.42. The SMILES string of the molecule is CCNC(=NCc1nc(-c2ccc(Cl)cc2)no1)NCC1(C(=O)N(C)C)CCCC1. The Morgan fingerprint density at radius 2 is 1.93 bits per heavy atom. The van der Waals surface area contributed by atoms with Crippen molar-refractivity contribution in [1.82, 2.24) is 25.7 Å². The number of rotatable bonds is 7. The highest BCUT2D eigenvalue weighted by molar-refractivity contribution is 6.30. The smallest absolute Gasteiger partial charge is 0.248 e. The Morgan fingerprint density at radius 3 is 2.57 bits per heavy atom. The van der Waals surface area contributed by atoms with Crippen molar-refractivity contribution in [3.05, 3.63) is 35.2 Å². The Bertz CT molecular complexity index is 872. The summed E-state index contributed by atoms with van der Waals surface area (Å²) in [6.07, 6.45) is 3.93. The molecule has 0 aliphatic heterocycles. The molecule has 3 rings (SSSR count). The van der Waals surface area contributed by atoms with Crippen LogP contribution in [0.2, 0.25) is 5.02 Å². The average molecular weight is 433 g/mol. The lowest BCUT2D eigenvalue weighted by molar-refractivity contribution is -0.138. The largest absolute Gasteiger partial charge is 0.357 e. The summed E-state index contributed by atoms with van der Waals surface area (Å²) in [5, 5.41) is 11.2. The summed E-state index contributed by atoms with van der Waals surface area (Å²) in [6, 6.07) is 7.25. The second-order valence-corrected chi connectivity index (χ2v) is 8.19. The van der Waals surface area contributed by atoms with Crippen LogP contribution in [0.4, 0.5) is 0 Å². The van der Waals surface area contributed by atoms with Gasteiger partial charge in [-0.25, -0.2) is 4.99 Å². The topological polar surface area (TPSA) is 95.6 Å². The molecule has 0 saturated heterocycles. The van der Waals surface area contributed by atoms with Gasteiger partial charge in [0.25, 0.3) is 0 Å². The van der Waals surface area contributed by atoms with Gasteiger partial charge in [0, 0.05) is 37.8 Å². The van der Waals surface area contributed by atoms with Crippen LogP contribution in [0.25, 0.3) is 11.4 Å². The molecule has 1 saturated carbocycles. The first-order chi connectivity index (χ1) is 14.4. The van der Waals surface area contributed by atoms with Crippen molar-refractivity contribution in [2.24, 2.45) is 10.4 Å². The monoisotopic (exact) mass is 432 g/mol. The van der Waals surface area contributed by atoms with E-state index in [0.717, 1.165) is 31.2 Å². The van der Waals surface area contributed by atoms with Crippen molar-refractivity contribution in [3.63, 3.8) is 0 Å². The van der Waals surface area contributed by atoms with Crippen molar-refractivity contribution < 1.29 is 9.32 Å². The first-order valence-electron chi connectivity index (χ1n) is 10.3. The van der Waals surface area contributed by atoms with Crippen molar-refractivity contribution in [3.8, 4) is 11.4 Å². The predicted molar refractivity (Wildman–Crippen MR) is 117 cm³/mol. The van der Waals surface area contributed by atoms with E-state index in [1.54, 1.807) is 17.0 Å². The minimum absolute atomic E-state index is 0.174. The first-order valence-corrected chi connectivity index (χ1v) is 10.6. The predicted octanol–water partition coefficient (Wildman–Crippen LogP) is 3.09. The van der Waals surface area contributed by atoms with Gasteiger partial charge in [0.15, 0.2) is 5.96 Å². The van der Waals surface area contributed by atoms with Crippen molar-refractivity contribution in [2.75, 3.05) is 27.2 Å². The number of nitrogens with one attached hydrogen (secondary N) is 2. The molecule has 0 radical (unpaired) electrons. The first kappa shape index (κ1) is 22.1. The molecule has 1 aliphatic carbocycles. The molecule has 162 valence electrons. The van der Waals surface area contributed by atoms with Crippen LogP contribution in [0.3, 0.4) is 0 Å². The van der Waals surface area contributed by atoms with Gasteiger partial charge in [0.2, 0.25) is 17.6 Å². The van der Waals surface area contributed by atoms with E-state index in [-0.39, 0.29) is 17.9 Å². The molecular formula is C21H29ClN6O2. The number of nitrogens with zero attached hydrogens (tertiary/aromatic N) is 4. The van der Waals surface area contributed by atoms with Gasteiger partial charge in [-0.1, -0.05) is 29.6 Å². The molecule has 9 heteroatoms. The number of guanidine groups is 1. The molecule has 1 aromatic carbocycles. The molecule has 0 atom stereocenters. The fourth-order valence-corrected chi connectivity index (χ4v) is 3.90. The van der Waals surface area contributed by atoms with Crippen LogP contribution in [0.15, 0.2) is 33.8 Å². The normalized spacial score (nSPS) is 15.8. The van der Waals surface area contributed by atoms with E-state index in [0.29, 0.717) is 35.8 Å². The molecule has 1 aromatic heterocycles. The summed E-state index contributed by atoms with van der Waals surface area (Å²) in [7, 11) is 3.63. The number of hydrogen-bond acceptors (Lipinski definition) is 5. The van der Waals surface area contributed by atoms with Gasteiger partial charge in [-0.05, 0) is 44.0 Å². The van der Waals surface area contributed by atoms with Gasteiger partial charge >= 0.3 is 0 Å². The maximum absolute atomic E-state index is 12.8. The molecule has 0 spiro atoms. The Hall–Kier alpha value is -2.61. The van der Waals surface area contributed by atoms with Crippen LogP contribution in [0, 0.1) is 5.41 Å². The molecule has 2 aromatic rings. The van der Waals surface area contributed by atoms with Gasteiger partial charge in [-0.2, -0.15) is 4.98 Å². The molecular weight excluding hydrogens is 404 g/mol. The van der Waals surface area contributed by atoms with Gasteiger partial charge in [0.1, 0.15) is 6.54 Å². The maximum Gasteiger partial charge on any atom is 0.248 e. The van der Waals surface area contributed by atoms with Gasteiger partial charge in [0.05, 0.1) is 5.41 Å². The fourth-order valence-electron chi connectivity index (χ4n) is 3.77. The lowest BCUT2D eigenvalue weighted by Crippen LogP contribution is -2.49. The molecule has 1 aliphatic rings. The zero-order valence-corrected chi connectivity index (χ0v) is 18.5. The summed E-state index contributed by atoms with van der Waals surface area (Å²) in [5.41, 5.74) is 0.458. The van der Waals surface area contributed by atoms with E-state index in [1.807, 2.05) is 33.2 Å². The summed E-state index contributed by atoms with van der Waals surface area (Å²) in [4.78, 5) is 23.4. The quantitative estimate of drug-likeness (QED) is 0.515. The Labute approximate surface area is 182 Å². The molecule has 8 nitrogen and oxygen atoms in total. The van der Waals surface area contributed by atoms with Crippen LogP contribution in [-0.2, 0) is 11.3 Å². The van der Waals surface area contributed by atoms with Crippen molar-refractivity contribution in [2.45, 2.75) is 39.2 Å². The Morgan fingerprint density at radius 1 is 1.23 bits per heavy atom. The van der Waals surface area contributed by atoms with Crippen LogP contribution in [0.5, 0.6) is 0 Å². The summed E-state index contributed by atoms with van der Waals surface area (Å²) in [5.74, 6) is 1.71. The van der Waals surface area contributed by atoms with E-state index in [1.165, 1.54) is 0 Å². The maximum atomic E-state index is 12.8. The third-order valence-corrected chi connectivity index (χ3v) is 5.55. The minimum Gasteiger partial charge on any atom is -0.357 e. The molecule has 0 unspecified atom stereocenters. The standard InChI is InChI=1S/C21H29ClN6O2/c1-4-23-20(25-14-21(11-5-6-12-21)19(29)28(2)3)24-13-17-26-18(27-30-17)15-7-9-16(22)10-8-15/h7-10H,4-6,11-14H2,1-3H3,(H2,23,24,25). The third-order valence-electron chi connectivity index (χ3n) is 5.30. The second kappa shape index (κ2) is 9.93. The van der Waals surface area contributed by atoms with Crippen molar-refractivity contribution in [1.29, 1.82) is 0 Å². The zero-order valence-electron chi connectivity index (χ0n) is 17.7. The van der Waals surface area contributed by atoms with E-state index in [2.05, 4.69) is 25.8 Å². The molecule has 1 amide bonds. The van der Waals surface area contributed by atoms with Crippen LogP contribution < -0.4 is 10.6 Å². The zero-order chi connectivity index (χ0) is 21.6. The number of aliphatic imine (C=N–C) groups is 1. The molecule has 1 heterocycles. The van der Waals surface area contributed by atoms with Gasteiger partial charge < -0.3 is 20.1 Å². The molecule has 1 fully saturated rings. The highest BCUT2D eigenvalue weighted by Crippen LogP contribution is 2.38. The number of halogens is 1. The summed E-state index contributed by atoms with van der Waals surface area (Å²) >= 11 is 5.92. The Kier molecular flexibility index (Phi) is 7.31. The summed E-state index contributed by atoms with van der Waals surface area (Å²) < 4.78 is 5.33. The lowest BCUT2D eigenvalue weighted by Gasteiger charge is -2.31. The number of carbonyl (C=O) groups is 1. The highest BCUT2D eigenvalue weighted by atomic mass is 35.5. The lowest BCUT2D eigenvalue weighted by atomic mass is 9.84. The van der Waals surface area contributed by atoms with Crippen molar-refractivity contribution >= 4 is 23.5 Å². The molecule has 30 heavy (non-hydrogen) atoms. The van der Waals surface area contributed by atoms with Crippen LogP contribution >= 0.6 is 11.6 Å². The summed E-state index contributed by atoms with van der Waals surface area (Å²) in [6.45, 7) is 3.50. The molecule has 0 bridgehead atoms. The number of carbonyl (C=O) groups excluding carboxylic acids is 1. The van der Waals surface area contributed by atoms with E-state index in [9.17, 15) is 4.79 Å². The van der Waals surface area contributed by atoms with Gasteiger partial charge in [-0.3, -0.25) is 4.79 Å². The number of hydrogen-bond donors (Lipinski definition) is 2. The number of aromatic nitrogens is 2. The van der Waals surface area contributed by atoms with E-state index >= 15 is 0 Å². The van der Waals surface area contributed by atoms with Gasteiger partial charge in [-0.15, -0.1) is 0 Å². The average Bonchev–Trinajstić information content (AvgIpc) is 3.40. The van der Waals surface area contributed by atoms with Crippen LogP contribution in [0.1, 0.15) is 38.5 Å². The minimum atomic E-state index is -0.369. The van der Waals surface area contributed by atoms with Crippen LogP contribution in [-0.4, -0.2) is 54.1 Å². The Balaban J connectivity index is 1.66. The number of benzene rings is 1. The third kappa shape index (κ3) is 5.30. The van der Waals surface area contributed by atoms with E-state index in [4.69, 9.17) is 16.1 Å². The van der Waals surface area contributed by atoms with E-state index < -0.39 is 0 Å². The fraction of sp³-hybridized carbons (Fsp3) is 0.524. The second-order valence-electron chi connectivity index (χ2n) is 7.75. The number of amides is 1.